The molecule has 0 saturated carbocycles. The number of hydrogen-bond acceptors (Lipinski definition) is 4. The first-order chi connectivity index (χ1) is 9.72. The van der Waals surface area contributed by atoms with E-state index in [0.717, 1.165) is 19.5 Å². The number of aliphatic hydroxyl groups is 1. The molecular weight excluding hydrogens is 257 g/mol. The SMILES string of the molecule is N#Cc1ccc(CN(CCO)CC2CCCN2)c(F)c1. The molecule has 1 unspecified atom stereocenters. The number of nitriles is 1. The highest BCUT2D eigenvalue weighted by Gasteiger charge is 2.18. The molecule has 0 radical (unpaired) electrons. The highest BCUT2D eigenvalue weighted by molar-refractivity contribution is 5.32. The molecule has 0 aliphatic carbocycles. The normalized spacial score (nSPS) is 18.4. The summed E-state index contributed by atoms with van der Waals surface area (Å²) in [5.41, 5.74) is 0.896. The Hall–Kier alpha value is -1.48. The van der Waals surface area contributed by atoms with Gasteiger partial charge < -0.3 is 10.4 Å². The quantitative estimate of drug-likeness (QED) is 0.821. The Kier molecular flexibility index (Phi) is 5.48. The summed E-state index contributed by atoms with van der Waals surface area (Å²) in [6.07, 6.45) is 2.29. The van der Waals surface area contributed by atoms with Gasteiger partial charge in [-0.2, -0.15) is 5.26 Å². The molecule has 1 atom stereocenters. The highest BCUT2D eigenvalue weighted by Crippen LogP contribution is 2.14. The number of nitrogens with one attached hydrogen (secondary N) is 1. The number of hydrogen-bond donors (Lipinski definition) is 2. The van der Waals surface area contributed by atoms with Crippen molar-refractivity contribution in [2.75, 3.05) is 26.2 Å². The summed E-state index contributed by atoms with van der Waals surface area (Å²) in [7, 11) is 0. The maximum atomic E-state index is 13.9. The molecule has 1 aromatic rings. The second-order valence-corrected chi connectivity index (χ2v) is 5.17. The van der Waals surface area contributed by atoms with Gasteiger partial charge in [-0.05, 0) is 31.5 Å². The van der Waals surface area contributed by atoms with Crippen molar-refractivity contribution in [3.63, 3.8) is 0 Å². The molecule has 2 rings (SSSR count). The molecule has 1 aliphatic heterocycles. The lowest BCUT2D eigenvalue weighted by Gasteiger charge is -2.25. The fourth-order valence-corrected chi connectivity index (χ4v) is 2.59. The Morgan fingerprint density at radius 1 is 1.50 bits per heavy atom. The average molecular weight is 277 g/mol. The summed E-state index contributed by atoms with van der Waals surface area (Å²) in [6.45, 7) is 2.88. The minimum atomic E-state index is -0.355. The molecule has 20 heavy (non-hydrogen) atoms. The molecule has 0 spiro atoms. The predicted octanol–water partition coefficient (Wildman–Crippen LogP) is 1.24. The van der Waals surface area contributed by atoms with Gasteiger partial charge in [-0.1, -0.05) is 6.07 Å². The van der Waals surface area contributed by atoms with Gasteiger partial charge in [-0.3, -0.25) is 4.90 Å². The molecule has 1 fully saturated rings. The van der Waals surface area contributed by atoms with Gasteiger partial charge in [0.25, 0.3) is 0 Å². The van der Waals surface area contributed by atoms with Crippen LogP contribution < -0.4 is 5.32 Å². The van der Waals surface area contributed by atoms with Gasteiger partial charge >= 0.3 is 0 Å². The number of benzene rings is 1. The maximum absolute atomic E-state index is 13.9. The molecule has 0 aromatic heterocycles. The summed E-state index contributed by atoms with van der Waals surface area (Å²) in [5, 5.41) is 21.3. The smallest absolute Gasteiger partial charge is 0.129 e. The standard InChI is InChI=1S/C15H20FN3O/c16-15-8-12(9-17)3-4-13(15)10-19(6-7-20)11-14-2-1-5-18-14/h3-4,8,14,18,20H,1-2,5-7,10-11H2. The molecule has 1 heterocycles. The van der Waals surface area contributed by atoms with Crippen molar-refractivity contribution in [2.45, 2.75) is 25.4 Å². The molecular formula is C15H20FN3O. The largest absolute Gasteiger partial charge is 0.395 e. The third-order valence-electron chi connectivity index (χ3n) is 3.63. The van der Waals surface area contributed by atoms with E-state index in [9.17, 15) is 4.39 Å². The molecule has 2 N–H and O–H groups in total. The lowest BCUT2D eigenvalue weighted by atomic mass is 10.1. The first kappa shape index (κ1) is 14.9. The van der Waals surface area contributed by atoms with E-state index >= 15 is 0 Å². The minimum absolute atomic E-state index is 0.0601. The third-order valence-corrected chi connectivity index (χ3v) is 3.63. The van der Waals surface area contributed by atoms with Gasteiger partial charge in [0.05, 0.1) is 18.2 Å². The minimum Gasteiger partial charge on any atom is -0.395 e. The first-order valence-corrected chi connectivity index (χ1v) is 6.98. The van der Waals surface area contributed by atoms with E-state index in [4.69, 9.17) is 10.4 Å². The Morgan fingerprint density at radius 3 is 2.95 bits per heavy atom. The lowest BCUT2D eigenvalue weighted by Crippen LogP contribution is -2.38. The Labute approximate surface area is 118 Å². The summed E-state index contributed by atoms with van der Waals surface area (Å²) in [4.78, 5) is 2.05. The third kappa shape index (κ3) is 4.01. The second-order valence-electron chi connectivity index (χ2n) is 5.17. The monoisotopic (exact) mass is 277 g/mol. The van der Waals surface area contributed by atoms with Crippen LogP contribution >= 0.6 is 0 Å². The van der Waals surface area contributed by atoms with E-state index in [0.29, 0.717) is 30.3 Å². The van der Waals surface area contributed by atoms with Gasteiger partial charge in [0, 0.05) is 31.2 Å². The van der Waals surface area contributed by atoms with Crippen LogP contribution in [0.5, 0.6) is 0 Å². The summed E-state index contributed by atoms with van der Waals surface area (Å²) < 4.78 is 13.9. The van der Waals surface area contributed by atoms with E-state index in [2.05, 4.69) is 5.32 Å². The molecule has 108 valence electrons. The van der Waals surface area contributed by atoms with Crippen LogP contribution in [0.3, 0.4) is 0 Å². The molecule has 0 amide bonds. The number of nitrogens with zero attached hydrogens (tertiary/aromatic N) is 2. The number of rotatable bonds is 6. The molecule has 1 aromatic carbocycles. The van der Waals surface area contributed by atoms with Crippen LogP contribution in [0.2, 0.25) is 0 Å². The maximum Gasteiger partial charge on any atom is 0.129 e. The lowest BCUT2D eigenvalue weighted by molar-refractivity contribution is 0.177. The van der Waals surface area contributed by atoms with Crippen LogP contribution in [-0.2, 0) is 6.54 Å². The van der Waals surface area contributed by atoms with Gasteiger partial charge in [0.2, 0.25) is 0 Å². The molecule has 5 heteroatoms. The number of halogens is 1. The average Bonchev–Trinajstić information content (AvgIpc) is 2.94. The topological polar surface area (TPSA) is 59.3 Å². The van der Waals surface area contributed by atoms with Gasteiger partial charge in [0.1, 0.15) is 5.82 Å². The highest BCUT2D eigenvalue weighted by atomic mass is 19.1. The van der Waals surface area contributed by atoms with Crippen LogP contribution in [0.1, 0.15) is 24.0 Å². The van der Waals surface area contributed by atoms with Crippen molar-refractivity contribution >= 4 is 0 Å². The fraction of sp³-hybridized carbons (Fsp3) is 0.533. The van der Waals surface area contributed by atoms with E-state index in [1.807, 2.05) is 11.0 Å². The van der Waals surface area contributed by atoms with Crippen LogP contribution in [0.15, 0.2) is 18.2 Å². The van der Waals surface area contributed by atoms with Crippen LogP contribution in [0, 0.1) is 17.1 Å². The van der Waals surface area contributed by atoms with E-state index in [1.54, 1.807) is 12.1 Å². The zero-order valence-electron chi connectivity index (χ0n) is 11.5. The van der Waals surface area contributed by atoms with Crippen LogP contribution in [-0.4, -0.2) is 42.3 Å². The Balaban J connectivity index is 2.01. The second kappa shape index (κ2) is 7.34. The van der Waals surface area contributed by atoms with Crippen molar-refractivity contribution in [2.24, 2.45) is 0 Å². The summed E-state index contributed by atoms with van der Waals surface area (Å²) >= 11 is 0. The van der Waals surface area contributed by atoms with Crippen LogP contribution in [0.4, 0.5) is 4.39 Å². The fourth-order valence-electron chi connectivity index (χ4n) is 2.59. The molecule has 0 bridgehead atoms. The zero-order valence-corrected chi connectivity index (χ0v) is 11.5. The van der Waals surface area contributed by atoms with E-state index in [-0.39, 0.29) is 12.4 Å². The Morgan fingerprint density at radius 2 is 2.35 bits per heavy atom. The van der Waals surface area contributed by atoms with Crippen molar-refractivity contribution < 1.29 is 9.50 Å². The van der Waals surface area contributed by atoms with Crippen molar-refractivity contribution in [1.82, 2.24) is 10.2 Å². The van der Waals surface area contributed by atoms with Gasteiger partial charge in [-0.25, -0.2) is 4.39 Å². The van der Waals surface area contributed by atoms with Crippen molar-refractivity contribution in [3.8, 4) is 6.07 Å². The molecule has 1 aliphatic rings. The van der Waals surface area contributed by atoms with Crippen molar-refractivity contribution in [1.29, 1.82) is 5.26 Å². The number of aliphatic hydroxyl groups excluding tert-OH is 1. The predicted molar refractivity (Wildman–Crippen MR) is 74.5 cm³/mol. The van der Waals surface area contributed by atoms with E-state index < -0.39 is 0 Å². The van der Waals surface area contributed by atoms with Crippen molar-refractivity contribution in [3.05, 3.63) is 35.1 Å². The zero-order chi connectivity index (χ0) is 14.4. The van der Waals surface area contributed by atoms with E-state index in [1.165, 1.54) is 12.5 Å². The Bertz CT molecular complexity index is 480. The molecule has 1 saturated heterocycles. The van der Waals surface area contributed by atoms with Gasteiger partial charge in [-0.15, -0.1) is 0 Å². The molecule has 4 nitrogen and oxygen atoms in total. The van der Waals surface area contributed by atoms with Crippen LogP contribution in [0.25, 0.3) is 0 Å². The first-order valence-electron chi connectivity index (χ1n) is 6.98. The summed E-state index contributed by atoms with van der Waals surface area (Å²) in [6, 6.07) is 6.89. The summed E-state index contributed by atoms with van der Waals surface area (Å²) in [5.74, 6) is -0.355. The van der Waals surface area contributed by atoms with Gasteiger partial charge in [0.15, 0.2) is 0 Å².